The number of aryl methyl sites for hydroxylation is 1. The Morgan fingerprint density at radius 1 is 1.45 bits per heavy atom. The topological polar surface area (TPSA) is 96.5 Å². The van der Waals surface area contributed by atoms with E-state index < -0.39 is 5.63 Å². The molecular formula is C12H11N5O2S. The van der Waals surface area contributed by atoms with E-state index in [0.717, 1.165) is 23.8 Å². The summed E-state index contributed by atoms with van der Waals surface area (Å²) in [5, 5.41) is 10.6. The van der Waals surface area contributed by atoms with Crippen LogP contribution in [0.4, 0.5) is 10.8 Å². The van der Waals surface area contributed by atoms with Crippen molar-refractivity contribution in [3.63, 3.8) is 0 Å². The fourth-order valence-electron chi connectivity index (χ4n) is 1.77. The lowest BCUT2D eigenvalue weighted by molar-refractivity contribution is 0.388. The van der Waals surface area contributed by atoms with Crippen LogP contribution in [0, 0.1) is 6.92 Å². The zero-order valence-electron chi connectivity index (χ0n) is 10.6. The number of hydrogen-bond acceptors (Lipinski definition) is 7. The lowest BCUT2D eigenvalue weighted by atomic mass is 10.0. The summed E-state index contributed by atoms with van der Waals surface area (Å²) in [6.07, 6.45) is 8.97. The number of nitrogens with zero attached hydrogens (tertiary/aromatic N) is 4. The fourth-order valence-corrected chi connectivity index (χ4v) is 2.33. The van der Waals surface area contributed by atoms with Crippen molar-refractivity contribution < 1.29 is 4.52 Å². The summed E-state index contributed by atoms with van der Waals surface area (Å²) in [7, 11) is 0. The number of aromatic amines is 1. The minimum Gasteiger partial charge on any atom is -0.336 e. The molecule has 2 aromatic heterocycles. The van der Waals surface area contributed by atoms with Gasteiger partial charge in [0.25, 0.3) is 0 Å². The summed E-state index contributed by atoms with van der Waals surface area (Å²) < 4.78 is 8.87. The molecule has 8 heteroatoms. The lowest BCUT2D eigenvalue weighted by Gasteiger charge is -2.07. The predicted octanol–water partition coefficient (Wildman–Crippen LogP) is 3.14. The molecular weight excluding hydrogens is 278 g/mol. The smallest absolute Gasteiger partial charge is 0.336 e. The number of nitrogens with one attached hydrogen (secondary N) is 1. The highest BCUT2D eigenvalue weighted by Crippen LogP contribution is 2.27. The summed E-state index contributed by atoms with van der Waals surface area (Å²) in [4.78, 5) is 15.6. The second-order valence-corrected chi connectivity index (χ2v) is 4.99. The fraction of sp³-hybridized carbons (Fsp3) is 0.250. The highest BCUT2D eigenvalue weighted by Gasteiger charge is 2.14. The third-order valence-electron chi connectivity index (χ3n) is 2.82. The Kier molecular flexibility index (Phi) is 3.38. The number of H-pyrrole nitrogens is 1. The van der Waals surface area contributed by atoms with E-state index in [1.165, 1.54) is 0 Å². The Morgan fingerprint density at radius 3 is 3.05 bits per heavy atom. The van der Waals surface area contributed by atoms with Crippen LogP contribution in [0.3, 0.4) is 0 Å². The molecule has 0 aliphatic heterocycles. The van der Waals surface area contributed by atoms with Gasteiger partial charge in [0, 0.05) is 17.5 Å². The van der Waals surface area contributed by atoms with E-state index in [1.54, 1.807) is 6.92 Å². The van der Waals surface area contributed by atoms with E-state index in [0.29, 0.717) is 10.8 Å². The molecule has 102 valence electrons. The van der Waals surface area contributed by atoms with Crippen molar-refractivity contribution in [3.05, 3.63) is 46.2 Å². The molecule has 7 nitrogen and oxygen atoms in total. The van der Waals surface area contributed by atoms with Gasteiger partial charge < -0.3 is 4.52 Å². The van der Waals surface area contributed by atoms with E-state index in [4.69, 9.17) is 0 Å². The molecule has 2 heterocycles. The minimum absolute atomic E-state index is 0.155. The van der Waals surface area contributed by atoms with Gasteiger partial charge in [0.2, 0.25) is 5.13 Å². The lowest BCUT2D eigenvalue weighted by Crippen LogP contribution is -1.97. The van der Waals surface area contributed by atoms with E-state index in [2.05, 4.69) is 35.3 Å². The van der Waals surface area contributed by atoms with Crippen LogP contribution in [0.25, 0.3) is 0 Å². The van der Waals surface area contributed by atoms with Crippen molar-refractivity contribution in [2.24, 2.45) is 10.2 Å². The summed E-state index contributed by atoms with van der Waals surface area (Å²) in [5.41, 5.74) is 0.141. The van der Waals surface area contributed by atoms with E-state index >= 15 is 0 Å². The van der Waals surface area contributed by atoms with Crippen LogP contribution >= 0.6 is 11.5 Å². The number of azo groups is 1. The molecule has 1 unspecified atom stereocenters. The van der Waals surface area contributed by atoms with Crippen LogP contribution in [-0.4, -0.2) is 14.5 Å². The summed E-state index contributed by atoms with van der Waals surface area (Å²) in [5.74, 6) is 0.904. The van der Waals surface area contributed by atoms with Crippen molar-refractivity contribution in [2.75, 3.05) is 0 Å². The van der Waals surface area contributed by atoms with Crippen LogP contribution in [-0.2, 0) is 0 Å². The first-order valence-electron chi connectivity index (χ1n) is 6.01. The highest BCUT2D eigenvalue weighted by atomic mass is 32.1. The second kappa shape index (κ2) is 5.33. The van der Waals surface area contributed by atoms with Gasteiger partial charge >= 0.3 is 5.63 Å². The standard InChI is InChI=1S/C12H11N5O2S/c1-7-9(11(18)19-16-7)14-15-12-13-10(17-20-12)8-5-3-2-4-6-8/h2-5,8,16H,6H2,1H3. The van der Waals surface area contributed by atoms with E-state index in [-0.39, 0.29) is 11.6 Å². The van der Waals surface area contributed by atoms with Gasteiger partial charge in [-0.2, -0.15) is 9.36 Å². The molecule has 0 saturated carbocycles. The Bertz CT molecular complexity index is 752. The summed E-state index contributed by atoms with van der Waals surface area (Å²) in [6.45, 7) is 1.68. The quantitative estimate of drug-likeness (QED) is 0.878. The van der Waals surface area contributed by atoms with Gasteiger partial charge in [-0.3, -0.25) is 0 Å². The van der Waals surface area contributed by atoms with Gasteiger partial charge in [-0.05, 0) is 13.3 Å². The zero-order chi connectivity index (χ0) is 13.9. The molecule has 1 aliphatic rings. The van der Waals surface area contributed by atoms with Crippen molar-refractivity contribution in [1.82, 2.24) is 14.5 Å². The van der Waals surface area contributed by atoms with Crippen LogP contribution in [0.2, 0.25) is 0 Å². The molecule has 2 aromatic rings. The molecule has 0 amide bonds. The first-order chi connectivity index (χ1) is 9.74. The molecule has 0 radical (unpaired) electrons. The van der Waals surface area contributed by atoms with Gasteiger partial charge in [0.05, 0.1) is 5.69 Å². The van der Waals surface area contributed by atoms with E-state index in [1.807, 2.05) is 18.2 Å². The third-order valence-corrected chi connectivity index (χ3v) is 3.44. The van der Waals surface area contributed by atoms with Crippen molar-refractivity contribution in [2.45, 2.75) is 19.3 Å². The molecule has 0 aromatic carbocycles. The average molecular weight is 289 g/mol. The molecule has 0 bridgehead atoms. The third kappa shape index (κ3) is 2.50. The van der Waals surface area contributed by atoms with Crippen molar-refractivity contribution in [3.8, 4) is 0 Å². The van der Waals surface area contributed by atoms with Gasteiger partial charge in [0.15, 0.2) is 11.5 Å². The number of hydrogen-bond donors (Lipinski definition) is 1. The van der Waals surface area contributed by atoms with Crippen LogP contribution in [0.1, 0.15) is 23.9 Å². The van der Waals surface area contributed by atoms with Crippen molar-refractivity contribution in [1.29, 1.82) is 0 Å². The van der Waals surface area contributed by atoms with Crippen LogP contribution in [0.5, 0.6) is 0 Å². The molecule has 0 spiro atoms. The maximum Gasteiger partial charge on any atom is 0.384 e. The first-order valence-corrected chi connectivity index (χ1v) is 6.78. The molecule has 0 fully saturated rings. The molecule has 1 N–H and O–H groups in total. The first kappa shape index (κ1) is 12.7. The molecule has 0 saturated heterocycles. The highest BCUT2D eigenvalue weighted by molar-refractivity contribution is 7.09. The maximum absolute atomic E-state index is 11.3. The Labute approximate surface area is 117 Å². The molecule has 20 heavy (non-hydrogen) atoms. The maximum atomic E-state index is 11.3. The Balaban J connectivity index is 1.79. The van der Waals surface area contributed by atoms with Crippen molar-refractivity contribution >= 4 is 22.4 Å². The van der Waals surface area contributed by atoms with Gasteiger partial charge in [-0.25, -0.2) is 9.95 Å². The Morgan fingerprint density at radius 2 is 2.35 bits per heavy atom. The Hall–Kier alpha value is -2.35. The molecule has 1 atom stereocenters. The molecule has 1 aliphatic carbocycles. The number of rotatable bonds is 3. The van der Waals surface area contributed by atoms with Crippen LogP contribution in [0.15, 0.2) is 43.9 Å². The minimum atomic E-state index is -0.545. The summed E-state index contributed by atoms with van der Waals surface area (Å²) >= 11 is 1.15. The molecule has 3 rings (SSSR count). The van der Waals surface area contributed by atoms with Gasteiger partial charge in [-0.15, -0.1) is 10.2 Å². The normalized spacial score (nSPS) is 18.1. The average Bonchev–Trinajstić information content (AvgIpc) is 3.06. The van der Waals surface area contributed by atoms with Gasteiger partial charge in [-0.1, -0.05) is 24.3 Å². The number of allylic oxidation sites excluding steroid dienone is 4. The van der Waals surface area contributed by atoms with E-state index in [9.17, 15) is 4.79 Å². The predicted molar refractivity (Wildman–Crippen MR) is 73.8 cm³/mol. The number of aromatic nitrogens is 3. The van der Waals surface area contributed by atoms with Crippen LogP contribution < -0.4 is 5.63 Å². The zero-order valence-corrected chi connectivity index (χ0v) is 11.4. The largest absolute Gasteiger partial charge is 0.384 e. The monoisotopic (exact) mass is 289 g/mol. The van der Waals surface area contributed by atoms with Gasteiger partial charge in [0.1, 0.15) is 0 Å². The summed E-state index contributed by atoms with van der Waals surface area (Å²) in [6, 6.07) is 0. The SMILES string of the molecule is Cc1[nH]oc(=O)c1N=Nc1nc(C2C=CC=CC2)ns1. The second-order valence-electron chi connectivity index (χ2n) is 4.26.